The molecule has 0 aromatic carbocycles. The van der Waals surface area contributed by atoms with E-state index >= 15 is 0 Å². The van der Waals surface area contributed by atoms with E-state index in [0.29, 0.717) is 26.3 Å². The van der Waals surface area contributed by atoms with Gasteiger partial charge in [-0.25, -0.2) is 0 Å². The van der Waals surface area contributed by atoms with E-state index in [1.54, 1.807) is 0 Å². The number of hydrogen-bond acceptors (Lipinski definition) is 6. The third kappa shape index (κ3) is 4.23. The summed E-state index contributed by atoms with van der Waals surface area (Å²) in [5.41, 5.74) is -0.272. The highest BCUT2D eigenvalue weighted by Crippen LogP contribution is 2.40. The number of nitriles is 1. The Morgan fingerprint density at radius 3 is 2.83 bits per heavy atom. The highest BCUT2D eigenvalue weighted by atomic mass is 16.5. The molecule has 2 fully saturated rings. The molecule has 0 amide bonds. The van der Waals surface area contributed by atoms with Crippen molar-refractivity contribution in [2.45, 2.75) is 51.2 Å². The molecular weight excluding hydrogens is 294 g/mol. The second-order valence-corrected chi connectivity index (χ2v) is 6.90. The molecule has 2 aliphatic rings. The molecule has 6 heteroatoms. The first-order valence-corrected chi connectivity index (χ1v) is 8.61. The van der Waals surface area contributed by atoms with E-state index in [-0.39, 0.29) is 17.1 Å². The summed E-state index contributed by atoms with van der Waals surface area (Å²) < 4.78 is 11.2. The summed E-state index contributed by atoms with van der Waals surface area (Å²) in [6, 6.07) is 2.25. The van der Waals surface area contributed by atoms with Gasteiger partial charge >= 0.3 is 5.97 Å². The number of rotatable bonds is 5. The Bertz CT molecular complexity index is 464. The van der Waals surface area contributed by atoms with Crippen molar-refractivity contribution < 1.29 is 14.3 Å². The average Bonchev–Trinajstić information content (AvgIpc) is 2.51. The number of carbonyl (C=O) groups excluding carboxylic acids is 1. The number of piperazine rings is 1. The van der Waals surface area contributed by atoms with Gasteiger partial charge in [0.05, 0.1) is 31.4 Å². The largest absolute Gasteiger partial charge is 0.465 e. The monoisotopic (exact) mass is 323 g/mol. The van der Waals surface area contributed by atoms with Gasteiger partial charge < -0.3 is 9.47 Å². The maximum absolute atomic E-state index is 12.0. The van der Waals surface area contributed by atoms with E-state index in [1.807, 2.05) is 6.92 Å². The topological polar surface area (TPSA) is 65.8 Å². The lowest BCUT2D eigenvalue weighted by Gasteiger charge is -2.55. The fraction of sp³-hybridized carbons (Fsp3) is 0.882. The molecule has 2 atom stereocenters. The van der Waals surface area contributed by atoms with Crippen LogP contribution in [0.15, 0.2) is 0 Å². The molecule has 2 heterocycles. The van der Waals surface area contributed by atoms with Crippen LogP contribution in [0.3, 0.4) is 0 Å². The first-order chi connectivity index (χ1) is 11.0. The smallest absolute Gasteiger partial charge is 0.320 e. The Kier molecular flexibility index (Phi) is 6.01. The van der Waals surface area contributed by atoms with Crippen molar-refractivity contribution in [3.63, 3.8) is 0 Å². The molecule has 1 spiro atoms. The van der Waals surface area contributed by atoms with Crippen LogP contribution < -0.4 is 0 Å². The van der Waals surface area contributed by atoms with Crippen LogP contribution in [-0.4, -0.2) is 72.8 Å². The SMILES string of the molecule is CCOC(=O)CN1CCN(CC#N)C[C@@]12CCO[C@](C)(CC)C2. The van der Waals surface area contributed by atoms with Crippen molar-refractivity contribution in [2.75, 3.05) is 45.9 Å². The van der Waals surface area contributed by atoms with Crippen molar-refractivity contribution in [3.05, 3.63) is 0 Å². The van der Waals surface area contributed by atoms with Gasteiger partial charge in [-0.15, -0.1) is 0 Å². The number of carbonyl (C=O) groups is 1. The first-order valence-electron chi connectivity index (χ1n) is 8.61. The van der Waals surface area contributed by atoms with Crippen LogP contribution >= 0.6 is 0 Å². The predicted molar refractivity (Wildman–Crippen MR) is 86.9 cm³/mol. The number of esters is 1. The fourth-order valence-electron chi connectivity index (χ4n) is 3.89. The number of hydrogen-bond donors (Lipinski definition) is 0. The summed E-state index contributed by atoms with van der Waals surface area (Å²) in [6.07, 6.45) is 2.72. The highest BCUT2D eigenvalue weighted by molar-refractivity contribution is 5.71. The standard InChI is InChI=1S/C17H29N3O3/c1-4-16(3)13-17(6-11-23-16)14-19(8-7-18)9-10-20(17)12-15(21)22-5-2/h4-6,8-14H2,1-3H3/t16-,17+/m1/s1. The van der Waals surface area contributed by atoms with E-state index in [2.05, 4.69) is 29.7 Å². The minimum Gasteiger partial charge on any atom is -0.465 e. The van der Waals surface area contributed by atoms with Crippen molar-refractivity contribution in [3.8, 4) is 6.07 Å². The van der Waals surface area contributed by atoms with Crippen molar-refractivity contribution in [1.29, 1.82) is 5.26 Å². The Balaban J connectivity index is 2.19. The molecule has 0 N–H and O–H groups in total. The van der Waals surface area contributed by atoms with Crippen molar-refractivity contribution in [1.82, 2.24) is 9.80 Å². The minimum absolute atomic E-state index is 0.106. The Morgan fingerprint density at radius 1 is 1.39 bits per heavy atom. The molecule has 0 aromatic rings. The summed E-state index contributed by atoms with van der Waals surface area (Å²) in [5.74, 6) is -0.162. The quantitative estimate of drug-likeness (QED) is 0.563. The van der Waals surface area contributed by atoms with Gasteiger partial charge in [0.2, 0.25) is 0 Å². The summed E-state index contributed by atoms with van der Waals surface area (Å²) in [7, 11) is 0. The predicted octanol–water partition coefficient (Wildman–Crippen LogP) is 1.41. The second-order valence-electron chi connectivity index (χ2n) is 6.90. The fourth-order valence-corrected chi connectivity index (χ4v) is 3.89. The molecule has 2 aliphatic heterocycles. The summed E-state index contributed by atoms with van der Waals surface area (Å²) in [6.45, 7) is 10.4. The van der Waals surface area contributed by atoms with E-state index in [4.69, 9.17) is 14.7 Å². The molecule has 130 valence electrons. The van der Waals surface area contributed by atoms with Crippen molar-refractivity contribution in [2.24, 2.45) is 0 Å². The van der Waals surface area contributed by atoms with Gasteiger partial charge in [0.1, 0.15) is 0 Å². The third-order valence-corrected chi connectivity index (χ3v) is 5.26. The first kappa shape index (κ1) is 18.2. The maximum atomic E-state index is 12.0. The van der Waals surface area contributed by atoms with Crippen molar-refractivity contribution >= 4 is 5.97 Å². The van der Waals surface area contributed by atoms with Gasteiger partial charge in [0.15, 0.2) is 0 Å². The lowest BCUT2D eigenvalue weighted by Crippen LogP contribution is -2.67. The minimum atomic E-state index is -0.166. The van der Waals surface area contributed by atoms with Crippen LogP contribution in [0.25, 0.3) is 0 Å². The molecule has 0 aromatic heterocycles. The van der Waals surface area contributed by atoms with Crippen LogP contribution in [0.5, 0.6) is 0 Å². The second kappa shape index (κ2) is 7.61. The zero-order valence-electron chi connectivity index (χ0n) is 14.6. The van der Waals surface area contributed by atoms with Crippen LogP contribution in [0.4, 0.5) is 0 Å². The van der Waals surface area contributed by atoms with E-state index in [1.165, 1.54) is 0 Å². The average molecular weight is 323 g/mol. The lowest BCUT2D eigenvalue weighted by atomic mass is 9.76. The van der Waals surface area contributed by atoms with Gasteiger partial charge in [-0.1, -0.05) is 6.92 Å². The van der Waals surface area contributed by atoms with Gasteiger partial charge in [-0.2, -0.15) is 5.26 Å². The molecule has 0 bridgehead atoms. The molecule has 0 unspecified atom stereocenters. The van der Waals surface area contributed by atoms with E-state index in [9.17, 15) is 4.79 Å². The van der Waals surface area contributed by atoms with Gasteiger partial charge in [0.25, 0.3) is 0 Å². The summed E-state index contributed by atoms with van der Waals surface area (Å²) >= 11 is 0. The van der Waals surface area contributed by atoms with Crippen LogP contribution in [-0.2, 0) is 14.3 Å². The van der Waals surface area contributed by atoms with Gasteiger partial charge in [-0.3, -0.25) is 14.6 Å². The molecule has 2 saturated heterocycles. The molecule has 6 nitrogen and oxygen atoms in total. The molecule has 2 rings (SSSR count). The third-order valence-electron chi connectivity index (χ3n) is 5.26. The Morgan fingerprint density at radius 2 is 2.17 bits per heavy atom. The van der Waals surface area contributed by atoms with Crippen LogP contribution in [0, 0.1) is 11.3 Å². The maximum Gasteiger partial charge on any atom is 0.320 e. The zero-order chi connectivity index (χ0) is 16.9. The van der Waals surface area contributed by atoms with Crippen LogP contribution in [0.2, 0.25) is 0 Å². The Labute approximate surface area is 139 Å². The van der Waals surface area contributed by atoms with Gasteiger partial charge in [-0.05, 0) is 33.1 Å². The van der Waals surface area contributed by atoms with E-state index in [0.717, 1.165) is 38.9 Å². The van der Waals surface area contributed by atoms with Gasteiger partial charge in [0, 0.05) is 31.8 Å². The number of nitrogens with zero attached hydrogens (tertiary/aromatic N) is 3. The Hall–Kier alpha value is -1.16. The van der Waals surface area contributed by atoms with E-state index < -0.39 is 0 Å². The zero-order valence-corrected chi connectivity index (χ0v) is 14.6. The van der Waals surface area contributed by atoms with Crippen LogP contribution in [0.1, 0.15) is 40.0 Å². The molecule has 0 radical (unpaired) electrons. The normalized spacial score (nSPS) is 32.6. The molecule has 0 saturated carbocycles. The summed E-state index contributed by atoms with van der Waals surface area (Å²) in [5, 5.41) is 9.03. The number of ether oxygens (including phenoxy) is 2. The summed E-state index contributed by atoms with van der Waals surface area (Å²) in [4.78, 5) is 16.5. The lowest BCUT2D eigenvalue weighted by molar-refractivity contribution is -0.164. The highest BCUT2D eigenvalue weighted by Gasteiger charge is 2.49. The molecule has 0 aliphatic carbocycles. The molecular formula is C17H29N3O3. The molecule has 23 heavy (non-hydrogen) atoms.